The molecule has 0 bridgehead atoms. The van der Waals surface area contributed by atoms with Gasteiger partial charge in [-0.05, 0) is 17.1 Å². The molecule has 2 aromatic carbocycles. The van der Waals surface area contributed by atoms with Crippen LogP contribution in [0, 0.1) is 23.3 Å². The molecule has 0 aromatic heterocycles. The molecule has 0 saturated heterocycles. The predicted octanol–water partition coefficient (Wildman–Crippen LogP) is 1.59. The molecule has 0 aliphatic rings. The van der Waals surface area contributed by atoms with Gasteiger partial charge in [-0.15, -0.1) is 0 Å². The molecule has 0 atom stereocenters. The first-order valence-corrected chi connectivity index (χ1v) is 5.22. The molecule has 0 amide bonds. The first kappa shape index (κ1) is 13.6. The first-order chi connectivity index (χ1) is 8.93. The van der Waals surface area contributed by atoms with E-state index < -0.39 is 36.0 Å². The fourth-order valence-corrected chi connectivity index (χ4v) is 1.74. The van der Waals surface area contributed by atoms with Gasteiger partial charge in [0.05, 0.1) is 0 Å². The molecule has 19 heavy (non-hydrogen) atoms. The lowest BCUT2D eigenvalue weighted by atomic mass is 9.75. The van der Waals surface area contributed by atoms with Gasteiger partial charge >= 0.3 is 7.12 Å². The molecular formula is C12H7BF4O2. The monoisotopic (exact) mass is 270 g/mol. The molecule has 7 heteroatoms. The molecule has 2 N–H and O–H groups in total. The van der Waals surface area contributed by atoms with Crippen LogP contribution in [-0.2, 0) is 0 Å². The van der Waals surface area contributed by atoms with Crippen molar-refractivity contribution in [2.24, 2.45) is 0 Å². The van der Waals surface area contributed by atoms with Crippen molar-refractivity contribution in [2.75, 3.05) is 0 Å². The van der Waals surface area contributed by atoms with Gasteiger partial charge in [-0.1, -0.05) is 24.3 Å². The summed E-state index contributed by atoms with van der Waals surface area (Å²) in [6, 6.07) is 5.81. The molecule has 2 aromatic rings. The van der Waals surface area contributed by atoms with E-state index in [9.17, 15) is 17.6 Å². The lowest BCUT2D eigenvalue weighted by molar-refractivity contribution is 0.410. The van der Waals surface area contributed by atoms with Crippen LogP contribution in [0.2, 0.25) is 0 Å². The number of rotatable bonds is 2. The minimum absolute atomic E-state index is 0.132. The summed E-state index contributed by atoms with van der Waals surface area (Å²) in [5.41, 5.74) is -0.861. The summed E-state index contributed by atoms with van der Waals surface area (Å²) in [5.74, 6) is -7.01. The Bertz CT molecular complexity index is 631. The SMILES string of the molecule is OB(O)c1ccccc1-c1cc(F)c(F)c(F)c1F. The Hall–Kier alpha value is -1.86. The maximum absolute atomic E-state index is 13.6. The maximum Gasteiger partial charge on any atom is 0.489 e. The van der Waals surface area contributed by atoms with E-state index in [1.54, 1.807) is 0 Å². The van der Waals surface area contributed by atoms with Gasteiger partial charge in [0.2, 0.25) is 0 Å². The molecular weight excluding hydrogens is 263 g/mol. The van der Waals surface area contributed by atoms with E-state index >= 15 is 0 Å². The Kier molecular flexibility index (Phi) is 3.59. The zero-order valence-electron chi connectivity index (χ0n) is 9.37. The van der Waals surface area contributed by atoms with Crippen LogP contribution in [0.4, 0.5) is 17.6 Å². The summed E-state index contributed by atoms with van der Waals surface area (Å²) in [6.07, 6.45) is 0. The van der Waals surface area contributed by atoms with Crippen LogP contribution in [-0.4, -0.2) is 17.2 Å². The van der Waals surface area contributed by atoms with E-state index in [0.29, 0.717) is 6.07 Å². The van der Waals surface area contributed by atoms with Gasteiger partial charge in [0.25, 0.3) is 0 Å². The molecule has 0 fully saturated rings. The first-order valence-electron chi connectivity index (χ1n) is 5.22. The molecule has 0 spiro atoms. The summed E-state index contributed by atoms with van der Waals surface area (Å²) < 4.78 is 52.8. The van der Waals surface area contributed by atoms with Gasteiger partial charge in [-0.25, -0.2) is 17.6 Å². The minimum Gasteiger partial charge on any atom is -0.423 e. The van der Waals surface area contributed by atoms with Gasteiger partial charge in [-0.2, -0.15) is 0 Å². The van der Waals surface area contributed by atoms with Crippen LogP contribution in [0.15, 0.2) is 30.3 Å². The number of benzene rings is 2. The molecule has 2 rings (SSSR count). The molecule has 2 nitrogen and oxygen atoms in total. The van der Waals surface area contributed by atoms with Crippen molar-refractivity contribution in [2.45, 2.75) is 0 Å². The topological polar surface area (TPSA) is 40.5 Å². The Balaban J connectivity index is 2.73. The fourth-order valence-electron chi connectivity index (χ4n) is 1.74. The quantitative estimate of drug-likeness (QED) is 0.376. The van der Waals surface area contributed by atoms with E-state index in [1.807, 2.05) is 0 Å². The van der Waals surface area contributed by atoms with E-state index in [0.717, 1.165) is 0 Å². The highest BCUT2D eigenvalue weighted by Crippen LogP contribution is 2.26. The standard InChI is InChI=1S/C12H7BF4O2/c14-9-5-7(10(15)12(17)11(9)16)6-3-1-2-4-8(6)13(18)19/h1-5,18-19H. The van der Waals surface area contributed by atoms with Crippen LogP contribution in [0.5, 0.6) is 0 Å². The highest BCUT2D eigenvalue weighted by molar-refractivity contribution is 6.60. The Morgan fingerprint density at radius 3 is 2.05 bits per heavy atom. The molecule has 0 aliphatic carbocycles. The third kappa shape index (κ3) is 2.34. The lowest BCUT2D eigenvalue weighted by Gasteiger charge is -2.11. The van der Waals surface area contributed by atoms with Crippen molar-refractivity contribution in [1.29, 1.82) is 0 Å². The van der Waals surface area contributed by atoms with Crippen molar-refractivity contribution in [3.05, 3.63) is 53.6 Å². The molecule has 0 radical (unpaired) electrons. The average molecular weight is 270 g/mol. The van der Waals surface area contributed by atoms with Crippen LogP contribution >= 0.6 is 0 Å². The highest BCUT2D eigenvalue weighted by atomic mass is 19.2. The van der Waals surface area contributed by atoms with Gasteiger partial charge in [0, 0.05) is 5.56 Å². The van der Waals surface area contributed by atoms with Crippen molar-refractivity contribution in [1.82, 2.24) is 0 Å². The van der Waals surface area contributed by atoms with Crippen molar-refractivity contribution >= 4 is 12.6 Å². The van der Waals surface area contributed by atoms with E-state index in [1.165, 1.54) is 24.3 Å². The fraction of sp³-hybridized carbons (Fsp3) is 0. The van der Waals surface area contributed by atoms with Crippen molar-refractivity contribution < 1.29 is 27.6 Å². The smallest absolute Gasteiger partial charge is 0.423 e. The third-order valence-corrected chi connectivity index (χ3v) is 2.63. The van der Waals surface area contributed by atoms with Crippen LogP contribution in [0.1, 0.15) is 0 Å². The maximum atomic E-state index is 13.6. The molecule has 0 heterocycles. The van der Waals surface area contributed by atoms with Crippen LogP contribution in [0.25, 0.3) is 11.1 Å². The van der Waals surface area contributed by atoms with E-state index in [4.69, 9.17) is 10.0 Å². The number of halogens is 4. The van der Waals surface area contributed by atoms with Crippen molar-refractivity contribution in [3.63, 3.8) is 0 Å². The van der Waals surface area contributed by atoms with Crippen molar-refractivity contribution in [3.8, 4) is 11.1 Å². The Morgan fingerprint density at radius 1 is 0.789 bits per heavy atom. The lowest BCUT2D eigenvalue weighted by Crippen LogP contribution is -2.31. The van der Waals surface area contributed by atoms with Crippen LogP contribution < -0.4 is 5.46 Å². The van der Waals surface area contributed by atoms with Gasteiger partial charge in [0.15, 0.2) is 23.3 Å². The normalized spacial score (nSPS) is 10.6. The second-order valence-electron chi connectivity index (χ2n) is 3.81. The predicted molar refractivity (Wildman–Crippen MR) is 61.5 cm³/mol. The number of hydrogen-bond donors (Lipinski definition) is 2. The molecule has 0 unspecified atom stereocenters. The summed E-state index contributed by atoms with van der Waals surface area (Å²) in [5, 5.41) is 18.2. The highest BCUT2D eigenvalue weighted by Gasteiger charge is 2.23. The minimum atomic E-state index is -1.95. The average Bonchev–Trinajstić information content (AvgIpc) is 2.40. The van der Waals surface area contributed by atoms with Crippen LogP contribution in [0.3, 0.4) is 0 Å². The molecule has 0 saturated carbocycles. The second-order valence-corrected chi connectivity index (χ2v) is 3.81. The number of hydrogen-bond acceptors (Lipinski definition) is 2. The Labute approximate surface area is 106 Å². The van der Waals surface area contributed by atoms with E-state index in [-0.39, 0.29) is 11.0 Å². The third-order valence-electron chi connectivity index (χ3n) is 2.63. The van der Waals surface area contributed by atoms with Gasteiger partial charge in [-0.3, -0.25) is 0 Å². The summed E-state index contributed by atoms with van der Waals surface area (Å²) in [6.45, 7) is 0. The molecule has 0 aliphatic heterocycles. The molecule has 98 valence electrons. The van der Waals surface area contributed by atoms with E-state index in [2.05, 4.69) is 0 Å². The zero-order chi connectivity index (χ0) is 14.2. The summed E-state index contributed by atoms with van der Waals surface area (Å²) in [4.78, 5) is 0. The summed E-state index contributed by atoms with van der Waals surface area (Å²) in [7, 11) is -1.95. The second kappa shape index (κ2) is 5.03. The summed E-state index contributed by atoms with van der Waals surface area (Å²) >= 11 is 0. The largest absolute Gasteiger partial charge is 0.489 e. The van der Waals surface area contributed by atoms with Gasteiger partial charge in [0.1, 0.15) is 0 Å². The van der Waals surface area contributed by atoms with Gasteiger partial charge < -0.3 is 10.0 Å². The Morgan fingerprint density at radius 2 is 1.42 bits per heavy atom. The zero-order valence-corrected chi connectivity index (χ0v) is 9.37.